The number of nitrogens with one attached hydrogen (secondary N) is 1. The number of carbonyl (C=O) groups excluding carboxylic acids is 2. The van der Waals surface area contributed by atoms with E-state index in [1.165, 1.54) is 12.1 Å². The number of nitrogens with zero attached hydrogens (tertiary/aromatic N) is 1. The van der Waals surface area contributed by atoms with Crippen LogP contribution in [0, 0.1) is 5.92 Å². The Hall–Kier alpha value is -2.05. The van der Waals surface area contributed by atoms with Crippen LogP contribution in [0.5, 0.6) is 0 Å². The van der Waals surface area contributed by atoms with E-state index >= 15 is 0 Å². The highest BCUT2D eigenvalue weighted by Crippen LogP contribution is 2.32. The lowest BCUT2D eigenvalue weighted by atomic mass is 10.1. The van der Waals surface area contributed by atoms with Gasteiger partial charge in [0, 0.05) is 24.7 Å². The normalized spacial score (nSPS) is 22.2. The largest absolute Gasteiger partial charge is 0.416 e. The monoisotopic (exact) mass is 340 g/mol. The lowest BCUT2D eigenvalue weighted by Crippen LogP contribution is -2.35. The first-order chi connectivity index (χ1) is 11.3. The summed E-state index contributed by atoms with van der Waals surface area (Å²) in [6.45, 7) is 0.355. The number of likely N-dealkylation sites (tertiary alicyclic amines) is 1. The molecular weight excluding hydrogens is 321 g/mol. The van der Waals surface area contributed by atoms with Gasteiger partial charge >= 0.3 is 6.18 Å². The number of amides is 2. The number of hydrogen-bond donors (Lipinski definition) is 1. The molecule has 7 heteroatoms. The fourth-order valence-corrected chi connectivity index (χ4v) is 3.49. The van der Waals surface area contributed by atoms with Crippen LogP contribution in [0.1, 0.15) is 37.7 Å². The number of halogens is 3. The standard InChI is InChI=1S/C17H19F3N2O2/c18-17(19,20)12-4-3-5-13(9-12)21-16(24)11-8-15(23)22(10-11)14-6-1-2-7-14/h3-5,9,11,14H,1-2,6-8,10H2,(H,21,24)/t11-/m0/s1. The van der Waals surface area contributed by atoms with Crippen LogP contribution < -0.4 is 5.32 Å². The molecule has 0 aromatic heterocycles. The van der Waals surface area contributed by atoms with Crippen LogP contribution in [0.3, 0.4) is 0 Å². The van der Waals surface area contributed by atoms with Crippen LogP contribution in [-0.2, 0) is 15.8 Å². The maximum absolute atomic E-state index is 12.7. The first-order valence-corrected chi connectivity index (χ1v) is 8.12. The molecule has 4 nitrogen and oxygen atoms in total. The van der Waals surface area contributed by atoms with E-state index in [0.29, 0.717) is 6.54 Å². The summed E-state index contributed by atoms with van der Waals surface area (Å²) in [5, 5.41) is 2.51. The Morgan fingerprint density at radius 1 is 1.21 bits per heavy atom. The topological polar surface area (TPSA) is 49.4 Å². The molecule has 1 aromatic carbocycles. The highest BCUT2D eigenvalue weighted by Gasteiger charge is 2.38. The van der Waals surface area contributed by atoms with Crippen molar-refractivity contribution in [2.24, 2.45) is 5.92 Å². The molecule has 0 bridgehead atoms. The molecular formula is C17H19F3N2O2. The SMILES string of the molecule is O=C(Nc1cccc(C(F)(F)F)c1)[C@H]1CC(=O)N(C2CCCC2)C1. The van der Waals surface area contributed by atoms with Crippen LogP contribution in [-0.4, -0.2) is 29.3 Å². The summed E-state index contributed by atoms with van der Waals surface area (Å²) in [4.78, 5) is 26.2. The van der Waals surface area contributed by atoms with Crippen molar-refractivity contribution in [1.82, 2.24) is 4.90 Å². The molecule has 2 amide bonds. The van der Waals surface area contributed by atoms with Crippen molar-refractivity contribution in [1.29, 1.82) is 0 Å². The van der Waals surface area contributed by atoms with Crippen LogP contribution in [0.25, 0.3) is 0 Å². The minimum absolute atomic E-state index is 0.0360. The molecule has 2 fully saturated rings. The van der Waals surface area contributed by atoms with Gasteiger partial charge in [0.15, 0.2) is 0 Å². The smallest absolute Gasteiger partial charge is 0.339 e. The van der Waals surface area contributed by atoms with E-state index in [1.54, 1.807) is 4.90 Å². The predicted molar refractivity (Wildman–Crippen MR) is 82.1 cm³/mol. The average molecular weight is 340 g/mol. The summed E-state index contributed by atoms with van der Waals surface area (Å²) >= 11 is 0. The molecule has 24 heavy (non-hydrogen) atoms. The second-order valence-corrected chi connectivity index (χ2v) is 6.45. The Morgan fingerprint density at radius 2 is 1.92 bits per heavy atom. The molecule has 1 aliphatic heterocycles. The van der Waals surface area contributed by atoms with Gasteiger partial charge in [0.05, 0.1) is 11.5 Å². The van der Waals surface area contributed by atoms with E-state index in [0.717, 1.165) is 37.8 Å². The number of benzene rings is 1. The first-order valence-electron chi connectivity index (χ1n) is 8.12. The Balaban J connectivity index is 1.64. The average Bonchev–Trinajstić information content (AvgIpc) is 3.15. The summed E-state index contributed by atoms with van der Waals surface area (Å²) in [5.41, 5.74) is -0.711. The summed E-state index contributed by atoms with van der Waals surface area (Å²) < 4.78 is 38.2. The molecule has 0 spiro atoms. The molecule has 130 valence electrons. The van der Waals surface area contributed by atoms with Crippen LogP contribution in [0.4, 0.5) is 18.9 Å². The number of alkyl halides is 3. The van der Waals surface area contributed by atoms with Crippen molar-refractivity contribution in [2.75, 3.05) is 11.9 Å². The minimum atomic E-state index is -4.46. The van der Waals surface area contributed by atoms with E-state index in [9.17, 15) is 22.8 Å². The Labute approximate surface area is 138 Å². The lowest BCUT2D eigenvalue weighted by molar-refractivity contribution is -0.137. The van der Waals surface area contributed by atoms with Crippen molar-refractivity contribution in [3.63, 3.8) is 0 Å². The molecule has 0 radical (unpaired) electrons. The molecule has 1 atom stereocenters. The lowest BCUT2D eigenvalue weighted by Gasteiger charge is -2.23. The molecule has 1 saturated carbocycles. The van der Waals surface area contributed by atoms with Gasteiger partial charge in [-0.1, -0.05) is 18.9 Å². The van der Waals surface area contributed by atoms with Crippen LogP contribution in [0.15, 0.2) is 24.3 Å². The molecule has 1 heterocycles. The van der Waals surface area contributed by atoms with E-state index in [2.05, 4.69) is 5.32 Å². The third-order valence-electron chi connectivity index (χ3n) is 4.75. The quantitative estimate of drug-likeness (QED) is 0.916. The maximum Gasteiger partial charge on any atom is 0.416 e. The molecule has 1 saturated heterocycles. The predicted octanol–water partition coefficient (Wildman–Crippen LogP) is 3.44. The van der Waals surface area contributed by atoms with Crippen LogP contribution in [0.2, 0.25) is 0 Å². The Kier molecular flexibility index (Phi) is 4.51. The Bertz CT molecular complexity index is 639. The molecule has 1 aromatic rings. The molecule has 1 N–H and O–H groups in total. The zero-order valence-electron chi connectivity index (χ0n) is 13.1. The van der Waals surface area contributed by atoms with Crippen molar-refractivity contribution < 1.29 is 22.8 Å². The summed E-state index contributed by atoms with van der Waals surface area (Å²) in [7, 11) is 0. The van der Waals surface area contributed by atoms with E-state index < -0.39 is 23.6 Å². The number of anilines is 1. The van der Waals surface area contributed by atoms with Crippen molar-refractivity contribution in [2.45, 2.75) is 44.3 Å². The molecule has 3 rings (SSSR count). The molecule has 0 unspecified atom stereocenters. The van der Waals surface area contributed by atoms with Gasteiger partial charge in [-0.3, -0.25) is 9.59 Å². The fraction of sp³-hybridized carbons (Fsp3) is 0.529. The summed E-state index contributed by atoms with van der Waals surface area (Å²) in [6.07, 6.45) is -0.211. The fourth-order valence-electron chi connectivity index (χ4n) is 3.49. The molecule has 1 aliphatic carbocycles. The minimum Gasteiger partial charge on any atom is -0.339 e. The zero-order valence-corrected chi connectivity index (χ0v) is 13.1. The van der Waals surface area contributed by atoms with Crippen molar-refractivity contribution in [3.8, 4) is 0 Å². The highest BCUT2D eigenvalue weighted by atomic mass is 19.4. The van der Waals surface area contributed by atoms with Crippen LogP contribution >= 0.6 is 0 Å². The van der Waals surface area contributed by atoms with E-state index in [4.69, 9.17) is 0 Å². The molecule has 2 aliphatic rings. The summed E-state index contributed by atoms with van der Waals surface area (Å²) in [6, 6.07) is 4.74. The van der Waals surface area contributed by atoms with Gasteiger partial charge in [0.25, 0.3) is 0 Å². The van der Waals surface area contributed by atoms with Gasteiger partial charge in [-0.2, -0.15) is 13.2 Å². The van der Waals surface area contributed by atoms with Gasteiger partial charge < -0.3 is 10.2 Å². The third kappa shape index (κ3) is 3.55. The second-order valence-electron chi connectivity index (χ2n) is 6.45. The van der Waals surface area contributed by atoms with Gasteiger partial charge in [-0.25, -0.2) is 0 Å². The van der Waals surface area contributed by atoms with E-state index in [1.807, 2.05) is 0 Å². The maximum atomic E-state index is 12.7. The van der Waals surface area contributed by atoms with Crippen molar-refractivity contribution in [3.05, 3.63) is 29.8 Å². The number of carbonyl (C=O) groups is 2. The highest BCUT2D eigenvalue weighted by molar-refractivity contribution is 5.97. The summed E-state index contributed by atoms with van der Waals surface area (Å²) in [5.74, 6) is -0.943. The Morgan fingerprint density at radius 3 is 2.58 bits per heavy atom. The zero-order chi connectivity index (χ0) is 17.3. The second kappa shape index (κ2) is 6.45. The van der Waals surface area contributed by atoms with Gasteiger partial charge in [0.1, 0.15) is 0 Å². The van der Waals surface area contributed by atoms with Gasteiger partial charge in [-0.05, 0) is 31.0 Å². The number of rotatable bonds is 3. The number of hydrogen-bond acceptors (Lipinski definition) is 2. The van der Waals surface area contributed by atoms with Crippen molar-refractivity contribution >= 4 is 17.5 Å². The van der Waals surface area contributed by atoms with Gasteiger partial charge in [-0.15, -0.1) is 0 Å². The van der Waals surface area contributed by atoms with E-state index in [-0.39, 0.29) is 24.1 Å². The first kappa shape index (κ1) is 16.8. The third-order valence-corrected chi connectivity index (χ3v) is 4.75. The van der Waals surface area contributed by atoms with Gasteiger partial charge in [0.2, 0.25) is 11.8 Å².